The predicted molar refractivity (Wildman–Crippen MR) is 51.9 cm³/mol. The lowest BCUT2D eigenvalue weighted by atomic mass is 9.67. The van der Waals surface area contributed by atoms with Crippen LogP contribution in [0.4, 0.5) is 0 Å². The standard InChI is InChI=1S/C11H20O/c1-8(2)11(4)6-5-9(3)7-10(11)12/h9-10,12H,1,5-7H2,2-4H3. The van der Waals surface area contributed by atoms with Gasteiger partial charge in [-0.1, -0.05) is 26.0 Å². The highest BCUT2D eigenvalue weighted by Crippen LogP contribution is 2.43. The van der Waals surface area contributed by atoms with Crippen molar-refractivity contribution in [2.75, 3.05) is 0 Å². The number of aliphatic hydroxyl groups is 1. The zero-order chi connectivity index (χ0) is 9.35. The first-order valence-electron chi connectivity index (χ1n) is 4.81. The molecule has 0 aromatic heterocycles. The average Bonchev–Trinajstić information content (AvgIpc) is 1.97. The molecule has 3 atom stereocenters. The fourth-order valence-electron chi connectivity index (χ4n) is 1.97. The lowest BCUT2D eigenvalue weighted by Crippen LogP contribution is -2.38. The molecule has 0 aromatic rings. The van der Waals surface area contributed by atoms with Crippen LogP contribution in [0.3, 0.4) is 0 Å². The average molecular weight is 168 g/mol. The topological polar surface area (TPSA) is 20.2 Å². The van der Waals surface area contributed by atoms with E-state index in [0.717, 1.165) is 18.4 Å². The van der Waals surface area contributed by atoms with Crippen LogP contribution >= 0.6 is 0 Å². The molecule has 1 rings (SSSR count). The van der Waals surface area contributed by atoms with Gasteiger partial charge in [0, 0.05) is 5.41 Å². The Hall–Kier alpha value is -0.300. The molecular formula is C11H20O. The molecule has 1 heteroatoms. The van der Waals surface area contributed by atoms with E-state index in [1.165, 1.54) is 6.42 Å². The lowest BCUT2D eigenvalue weighted by Gasteiger charge is -2.41. The summed E-state index contributed by atoms with van der Waals surface area (Å²) in [5.74, 6) is 0.674. The first-order valence-corrected chi connectivity index (χ1v) is 4.81. The van der Waals surface area contributed by atoms with E-state index in [1.54, 1.807) is 0 Å². The lowest BCUT2D eigenvalue weighted by molar-refractivity contribution is 0.00682. The van der Waals surface area contributed by atoms with E-state index in [2.05, 4.69) is 20.4 Å². The summed E-state index contributed by atoms with van der Waals surface area (Å²) in [5, 5.41) is 9.91. The maximum atomic E-state index is 9.91. The molecule has 1 nitrogen and oxygen atoms in total. The van der Waals surface area contributed by atoms with Crippen LogP contribution in [-0.2, 0) is 0 Å². The third-order valence-electron chi connectivity index (χ3n) is 3.49. The van der Waals surface area contributed by atoms with Gasteiger partial charge in [-0.3, -0.25) is 0 Å². The van der Waals surface area contributed by atoms with Crippen LogP contribution in [0.2, 0.25) is 0 Å². The highest BCUT2D eigenvalue weighted by atomic mass is 16.3. The van der Waals surface area contributed by atoms with Gasteiger partial charge in [-0.05, 0) is 32.1 Å². The zero-order valence-corrected chi connectivity index (χ0v) is 8.43. The molecule has 1 aliphatic rings. The molecule has 0 radical (unpaired) electrons. The molecule has 0 spiro atoms. The van der Waals surface area contributed by atoms with Crippen molar-refractivity contribution in [3.8, 4) is 0 Å². The SMILES string of the molecule is C=C(C)C1(C)CCC(C)CC1O. The van der Waals surface area contributed by atoms with Crippen LogP contribution in [-0.4, -0.2) is 11.2 Å². The Balaban J connectivity index is 2.72. The summed E-state index contributed by atoms with van der Waals surface area (Å²) < 4.78 is 0. The fraction of sp³-hybridized carbons (Fsp3) is 0.818. The van der Waals surface area contributed by atoms with Gasteiger partial charge in [-0.15, -0.1) is 0 Å². The van der Waals surface area contributed by atoms with E-state index in [1.807, 2.05) is 6.92 Å². The van der Waals surface area contributed by atoms with Crippen LogP contribution in [0.1, 0.15) is 40.0 Å². The smallest absolute Gasteiger partial charge is 0.0633 e. The number of rotatable bonds is 1. The van der Waals surface area contributed by atoms with E-state index in [-0.39, 0.29) is 11.5 Å². The molecule has 0 heterocycles. The van der Waals surface area contributed by atoms with E-state index in [9.17, 15) is 5.11 Å². The Bertz CT molecular complexity index is 185. The van der Waals surface area contributed by atoms with Gasteiger partial charge in [0.05, 0.1) is 6.10 Å². The second-order valence-electron chi connectivity index (χ2n) is 4.59. The summed E-state index contributed by atoms with van der Waals surface area (Å²) in [4.78, 5) is 0. The number of aliphatic hydroxyl groups excluding tert-OH is 1. The molecule has 1 saturated carbocycles. The molecule has 3 unspecified atom stereocenters. The van der Waals surface area contributed by atoms with Crippen molar-refractivity contribution in [2.45, 2.75) is 46.1 Å². The van der Waals surface area contributed by atoms with Gasteiger partial charge in [-0.25, -0.2) is 0 Å². The largest absolute Gasteiger partial charge is 0.392 e. The third-order valence-corrected chi connectivity index (χ3v) is 3.49. The van der Waals surface area contributed by atoms with Crippen molar-refractivity contribution in [1.82, 2.24) is 0 Å². The van der Waals surface area contributed by atoms with Crippen LogP contribution in [0.5, 0.6) is 0 Å². The molecule has 12 heavy (non-hydrogen) atoms. The highest BCUT2D eigenvalue weighted by Gasteiger charge is 2.38. The Morgan fingerprint density at radius 3 is 2.58 bits per heavy atom. The van der Waals surface area contributed by atoms with E-state index >= 15 is 0 Å². The minimum absolute atomic E-state index is 0.0213. The molecule has 0 aliphatic heterocycles. The Kier molecular flexibility index (Phi) is 2.62. The monoisotopic (exact) mass is 168 g/mol. The van der Waals surface area contributed by atoms with Crippen molar-refractivity contribution < 1.29 is 5.11 Å². The maximum Gasteiger partial charge on any atom is 0.0633 e. The first-order chi connectivity index (χ1) is 5.47. The Labute approximate surface area is 75.5 Å². The fourth-order valence-corrected chi connectivity index (χ4v) is 1.97. The second-order valence-corrected chi connectivity index (χ2v) is 4.59. The van der Waals surface area contributed by atoms with Crippen LogP contribution < -0.4 is 0 Å². The van der Waals surface area contributed by atoms with Gasteiger partial charge >= 0.3 is 0 Å². The molecule has 70 valence electrons. The highest BCUT2D eigenvalue weighted by molar-refractivity contribution is 5.10. The molecule has 1 N–H and O–H groups in total. The van der Waals surface area contributed by atoms with Gasteiger partial charge in [0.2, 0.25) is 0 Å². The minimum atomic E-state index is -0.182. The molecular weight excluding hydrogens is 148 g/mol. The van der Waals surface area contributed by atoms with Gasteiger partial charge in [0.15, 0.2) is 0 Å². The van der Waals surface area contributed by atoms with Crippen molar-refractivity contribution in [1.29, 1.82) is 0 Å². The normalized spacial score (nSPS) is 42.7. The molecule has 0 bridgehead atoms. The van der Waals surface area contributed by atoms with E-state index in [0.29, 0.717) is 5.92 Å². The summed E-state index contributed by atoms with van der Waals surface area (Å²) in [6.45, 7) is 10.3. The first kappa shape index (κ1) is 9.79. The molecule has 0 saturated heterocycles. The Morgan fingerprint density at radius 1 is 1.58 bits per heavy atom. The molecule has 1 aliphatic carbocycles. The van der Waals surface area contributed by atoms with Gasteiger partial charge in [-0.2, -0.15) is 0 Å². The van der Waals surface area contributed by atoms with Gasteiger partial charge in [0.25, 0.3) is 0 Å². The van der Waals surface area contributed by atoms with Crippen molar-refractivity contribution in [3.05, 3.63) is 12.2 Å². The Morgan fingerprint density at radius 2 is 2.17 bits per heavy atom. The molecule has 0 aromatic carbocycles. The predicted octanol–water partition coefficient (Wildman–Crippen LogP) is 2.75. The van der Waals surface area contributed by atoms with Crippen LogP contribution in [0.25, 0.3) is 0 Å². The van der Waals surface area contributed by atoms with Gasteiger partial charge in [0.1, 0.15) is 0 Å². The van der Waals surface area contributed by atoms with Crippen molar-refractivity contribution in [3.63, 3.8) is 0 Å². The number of hydrogen-bond donors (Lipinski definition) is 1. The molecule has 0 amide bonds. The second kappa shape index (κ2) is 3.21. The minimum Gasteiger partial charge on any atom is -0.392 e. The quantitative estimate of drug-likeness (QED) is 0.597. The van der Waals surface area contributed by atoms with Crippen molar-refractivity contribution >= 4 is 0 Å². The summed E-state index contributed by atoms with van der Waals surface area (Å²) >= 11 is 0. The van der Waals surface area contributed by atoms with E-state index in [4.69, 9.17) is 0 Å². The van der Waals surface area contributed by atoms with Crippen molar-refractivity contribution in [2.24, 2.45) is 11.3 Å². The summed E-state index contributed by atoms with van der Waals surface area (Å²) in [6, 6.07) is 0. The zero-order valence-electron chi connectivity index (χ0n) is 8.43. The van der Waals surface area contributed by atoms with Crippen LogP contribution in [0.15, 0.2) is 12.2 Å². The van der Waals surface area contributed by atoms with Crippen LogP contribution in [0, 0.1) is 11.3 Å². The summed E-state index contributed by atoms with van der Waals surface area (Å²) in [6.07, 6.45) is 3.06. The molecule has 1 fully saturated rings. The summed E-state index contributed by atoms with van der Waals surface area (Å²) in [7, 11) is 0. The van der Waals surface area contributed by atoms with Gasteiger partial charge < -0.3 is 5.11 Å². The number of hydrogen-bond acceptors (Lipinski definition) is 1. The summed E-state index contributed by atoms with van der Waals surface area (Å²) in [5.41, 5.74) is 1.11. The maximum absolute atomic E-state index is 9.91. The third kappa shape index (κ3) is 1.56. The van der Waals surface area contributed by atoms with E-state index < -0.39 is 0 Å².